The van der Waals surface area contributed by atoms with Crippen molar-refractivity contribution in [1.29, 1.82) is 0 Å². The van der Waals surface area contributed by atoms with Crippen LogP contribution in [0.25, 0.3) is 0 Å². The van der Waals surface area contributed by atoms with Crippen LogP contribution in [0.5, 0.6) is 5.75 Å². The maximum absolute atomic E-state index is 12.2. The summed E-state index contributed by atoms with van der Waals surface area (Å²) in [6.07, 6.45) is 2.11. The quantitative estimate of drug-likeness (QED) is 0.803. The number of benzene rings is 1. The molecule has 2 fully saturated rings. The second-order valence-corrected chi connectivity index (χ2v) is 7.50. The predicted octanol–water partition coefficient (Wildman–Crippen LogP) is 2.28. The summed E-state index contributed by atoms with van der Waals surface area (Å²) >= 11 is 0. The summed E-state index contributed by atoms with van der Waals surface area (Å²) in [5.74, 6) is 0.787. The van der Waals surface area contributed by atoms with Gasteiger partial charge < -0.3 is 10.1 Å². The van der Waals surface area contributed by atoms with Gasteiger partial charge in [0, 0.05) is 19.0 Å². The number of carbonyl (C=O) groups is 2. The lowest BCUT2D eigenvalue weighted by Gasteiger charge is -2.39. The summed E-state index contributed by atoms with van der Waals surface area (Å²) in [7, 11) is 0. The van der Waals surface area contributed by atoms with E-state index in [1.807, 2.05) is 32.9 Å². The maximum Gasteiger partial charge on any atom is 0.322 e. The molecule has 25 heavy (non-hydrogen) atoms. The van der Waals surface area contributed by atoms with Gasteiger partial charge in [-0.3, -0.25) is 15.0 Å². The van der Waals surface area contributed by atoms with E-state index in [0.29, 0.717) is 0 Å². The molecule has 0 saturated carbocycles. The Bertz CT molecular complexity index is 661. The molecule has 0 spiro atoms. The molecule has 2 saturated heterocycles. The van der Waals surface area contributed by atoms with E-state index >= 15 is 0 Å². The summed E-state index contributed by atoms with van der Waals surface area (Å²) in [4.78, 5) is 26.1. The molecule has 0 bridgehead atoms. The Morgan fingerprint density at radius 3 is 2.84 bits per heavy atom. The number of imide groups is 1. The zero-order chi connectivity index (χ0) is 18.0. The van der Waals surface area contributed by atoms with Crippen LogP contribution in [0.3, 0.4) is 0 Å². The van der Waals surface area contributed by atoms with Gasteiger partial charge in [0.2, 0.25) is 0 Å². The third-order valence-electron chi connectivity index (χ3n) is 5.07. The normalized spacial score (nSPS) is 27.3. The minimum atomic E-state index is -0.807. The highest BCUT2D eigenvalue weighted by Crippen LogP contribution is 2.30. The highest BCUT2D eigenvalue weighted by atomic mass is 16.5. The van der Waals surface area contributed by atoms with Crippen LogP contribution in [-0.2, 0) is 11.3 Å². The van der Waals surface area contributed by atoms with Crippen molar-refractivity contribution < 1.29 is 14.3 Å². The van der Waals surface area contributed by atoms with E-state index in [2.05, 4.69) is 27.7 Å². The van der Waals surface area contributed by atoms with Gasteiger partial charge in [-0.25, -0.2) is 4.79 Å². The number of hydrogen-bond acceptors (Lipinski definition) is 4. The Morgan fingerprint density at radius 2 is 2.16 bits per heavy atom. The molecule has 0 radical (unpaired) electrons. The van der Waals surface area contributed by atoms with Gasteiger partial charge in [0.25, 0.3) is 5.91 Å². The van der Waals surface area contributed by atoms with Crippen molar-refractivity contribution in [3.63, 3.8) is 0 Å². The molecule has 2 aliphatic rings. The monoisotopic (exact) mass is 345 g/mol. The van der Waals surface area contributed by atoms with Crippen LogP contribution < -0.4 is 15.4 Å². The largest absolute Gasteiger partial charge is 0.491 e. The zero-order valence-electron chi connectivity index (χ0n) is 15.2. The second kappa shape index (κ2) is 7.04. The standard InChI is InChI=1S/C19H27N3O3/c1-13(2)25-16-8-4-6-14(10-16)11-22-9-5-7-15(12-22)19(3)17(23)20-18(24)21-19/h4,6,8,10,13,15H,5,7,9,11-12H2,1-3H3,(H2,20,21,23,24)/t15-,19+/m1/s1. The van der Waals surface area contributed by atoms with Crippen LogP contribution in [0.1, 0.15) is 39.2 Å². The Morgan fingerprint density at radius 1 is 1.36 bits per heavy atom. The lowest BCUT2D eigenvalue weighted by molar-refractivity contribution is -0.126. The Labute approximate surface area is 148 Å². The molecule has 2 N–H and O–H groups in total. The Hall–Kier alpha value is -2.08. The maximum atomic E-state index is 12.2. The Balaban J connectivity index is 1.66. The van der Waals surface area contributed by atoms with E-state index in [1.165, 1.54) is 5.56 Å². The van der Waals surface area contributed by atoms with Crippen molar-refractivity contribution in [3.8, 4) is 5.75 Å². The fourth-order valence-corrected chi connectivity index (χ4v) is 3.76. The number of carbonyl (C=O) groups excluding carboxylic acids is 2. The van der Waals surface area contributed by atoms with Crippen molar-refractivity contribution in [2.75, 3.05) is 13.1 Å². The number of amides is 3. The summed E-state index contributed by atoms with van der Waals surface area (Å²) in [6, 6.07) is 7.78. The molecule has 136 valence electrons. The van der Waals surface area contributed by atoms with Crippen molar-refractivity contribution in [2.24, 2.45) is 5.92 Å². The summed E-state index contributed by atoms with van der Waals surface area (Å²) in [5.41, 5.74) is 0.391. The van der Waals surface area contributed by atoms with Crippen LogP contribution in [0.2, 0.25) is 0 Å². The van der Waals surface area contributed by atoms with Gasteiger partial charge in [-0.1, -0.05) is 12.1 Å². The average molecular weight is 345 g/mol. The van der Waals surface area contributed by atoms with Gasteiger partial charge in [-0.2, -0.15) is 0 Å². The van der Waals surface area contributed by atoms with Gasteiger partial charge in [-0.15, -0.1) is 0 Å². The summed E-state index contributed by atoms with van der Waals surface area (Å²) in [5, 5.41) is 5.19. The molecule has 2 aliphatic heterocycles. The minimum absolute atomic E-state index is 0.114. The fourth-order valence-electron chi connectivity index (χ4n) is 3.76. The first-order valence-electron chi connectivity index (χ1n) is 8.98. The first-order valence-corrected chi connectivity index (χ1v) is 8.98. The second-order valence-electron chi connectivity index (χ2n) is 7.50. The molecule has 1 aromatic rings. The number of nitrogens with zero attached hydrogens (tertiary/aromatic N) is 1. The van der Waals surface area contributed by atoms with Crippen molar-refractivity contribution in [2.45, 2.75) is 51.8 Å². The topological polar surface area (TPSA) is 70.7 Å². The smallest absolute Gasteiger partial charge is 0.322 e. The number of nitrogens with one attached hydrogen (secondary N) is 2. The molecule has 2 heterocycles. The van der Waals surface area contributed by atoms with Crippen LogP contribution >= 0.6 is 0 Å². The van der Waals surface area contributed by atoms with Crippen LogP contribution in [-0.4, -0.2) is 41.6 Å². The number of piperidine rings is 1. The van der Waals surface area contributed by atoms with Crippen LogP contribution in [0, 0.1) is 5.92 Å². The third kappa shape index (κ3) is 3.95. The van der Waals surface area contributed by atoms with Gasteiger partial charge in [0.1, 0.15) is 11.3 Å². The third-order valence-corrected chi connectivity index (χ3v) is 5.07. The molecule has 0 aliphatic carbocycles. The average Bonchev–Trinajstić information content (AvgIpc) is 2.81. The van der Waals surface area contributed by atoms with Crippen molar-refractivity contribution >= 4 is 11.9 Å². The molecule has 2 atom stereocenters. The first-order chi connectivity index (χ1) is 11.9. The molecule has 6 nitrogen and oxygen atoms in total. The van der Waals surface area contributed by atoms with Gasteiger partial charge in [-0.05, 0) is 57.9 Å². The van der Waals surface area contributed by atoms with Crippen LogP contribution in [0.4, 0.5) is 4.79 Å². The molecule has 6 heteroatoms. The fraction of sp³-hybridized carbons (Fsp3) is 0.579. The minimum Gasteiger partial charge on any atom is -0.491 e. The number of rotatable bonds is 5. The summed E-state index contributed by atoms with van der Waals surface area (Å²) < 4.78 is 5.77. The Kier molecular flexibility index (Phi) is 4.99. The van der Waals surface area contributed by atoms with E-state index in [0.717, 1.165) is 38.2 Å². The van der Waals surface area contributed by atoms with Gasteiger partial charge >= 0.3 is 6.03 Å². The molecule has 3 rings (SSSR count). The molecule has 0 aromatic heterocycles. The highest BCUT2D eigenvalue weighted by molar-refractivity contribution is 6.06. The van der Waals surface area contributed by atoms with Crippen LogP contribution in [0.15, 0.2) is 24.3 Å². The van der Waals surface area contributed by atoms with Gasteiger partial charge in [0.05, 0.1) is 6.10 Å². The van der Waals surface area contributed by atoms with E-state index < -0.39 is 5.54 Å². The van der Waals surface area contributed by atoms with E-state index in [9.17, 15) is 9.59 Å². The first kappa shape index (κ1) is 17.7. The number of ether oxygens (including phenoxy) is 1. The lowest BCUT2D eigenvalue weighted by Crippen LogP contribution is -2.55. The van der Waals surface area contributed by atoms with Crippen molar-refractivity contribution in [3.05, 3.63) is 29.8 Å². The molecular weight excluding hydrogens is 318 g/mol. The SMILES string of the molecule is CC(C)Oc1cccc(CN2CCC[C@@H]([C@]3(C)NC(=O)NC3=O)C2)c1. The molecule has 0 unspecified atom stereocenters. The van der Waals surface area contributed by atoms with E-state index in [1.54, 1.807) is 0 Å². The molecule has 3 amide bonds. The molecular formula is C19H27N3O3. The summed E-state index contributed by atoms with van der Waals surface area (Å²) in [6.45, 7) is 8.47. The van der Waals surface area contributed by atoms with E-state index in [4.69, 9.17) is 4.74 Å². The number of likely N-dealkylation sites (tertiary alicyclic amines) is 1. The van der Waals surface area contributed by atoms with Crippen molar-refractivity contribution in [1.82, 2.24) is 15.5 Å². The predicted molar refractivity (Wildman–Crippen MR) is 95.3 cm³/mol. The zero-order valence-corrected chi connectivity index (χ0v) is 15.2. The highest BCUT2D eigenvalue weighted by Gasteiger charge is 2.48. The molecule has 1 aromatic carbocycles. The lowest BCUT2D eigenvalue weighted by atomic mass is 9.80. The number of urea groups is 1. The van der Waals surface area contributed by atoms with E-state index in [-0.39, 0.29) is 24.0 Å². The van der Waals surface area contributed by atoms with Gasteiger partial charge in [0.15, 0.2) is 0 Å². The number of hydrogen-bond donors (Lipinski definition) is 2.